The number of hydrogen-bond acceptors (Lipinski definition) is 6. The number of ether oxygens (including phenoxy) is 1. The molecule has 5 nitrogen and oxygen atoms in total. The van der Waals surface area contributed by atoms with Crippen molar-refractivity contribution in [3.63, 3.8) is 0 Å². The molecule has 154 valence electrons. The third-order valence-corrected chi connectivity index (χ3v) is 7.99. The molecule has 0 amide bonds. The summed E-state index contributed by atoms with van der Waals surface area (Å²) in [5.74, 6) is 1.69. The second kappa shape index (κ2) is 8.30. The Morgan fingerprint density at radius 2 is 2.10 bits per heavy atom. The van der Waals surface area contributed by atoms with Crippen molar-refractivity contribution in [3.05, 3.63) is 39.1 Å². The molecule has 0 aromatic carbocycles. The highest BCUT2D eigenvalue weighted by Crippen LogP contribution is 2.34. The van der Waals surface area contributed by atoms with Crippen molar-refractivity contribution in [1.29, 1.82) is 0 Å². The number of fused-ring (bicyclic) bond motifs is 1. The monoisotopic (exact) mass is 429 g/mol. The molecule has 0 radical (unpaired) electrons. The first-order chi connectivity index (χ1) is 14.2. The number of thiophene rings is 2. The van der Waals surface area contributed by atoms with Gasteiger partial charge in [-0.25, -0.2) is 4.98 Å². The molecule has 5 rings (SSSR count). The SMILES string of the molecule is CC1CCN(Cc2nc3scc(-c4cccs4)c3c(=O)n2C[C@H]2CCCO2)CC1. The van der Waals surface area contributed by atoms with Gasteiger partial charge in [-0.15, -0.1) is 22.7 Å². The highest BCUT2D eigenvalue weighted by molar-refractivity contribution is 7.18. The maximum absolute atomic E-state index is 13.7. The highest BCUT2D eigenvalue weighted by Gasteiger charge is 2.24. The molecule has 0 bridgehead atoms. The van der Waals surface area contributed by atoms with Crippen LogP contribution in [0.15, 0.2) is 27.7 Å². The lowest BCUT2D eigenvalue weighted by atomic mass is 9.99. The number of piperidine rings is 1. The van der Waals surface area contributed by atoms with E-state index >= 15 is 0 Å². The van der Waals surface area contributed by atoms with E-state index < -0.39 is 0 Å². The fourth-order valence-electron chi connectivity index (χ4n) is 4.40. The summed E-state index contributed by atoms with van der Waals surface area (Å²) < 4.78 is 7.79. The van der Waals surface area contributed by atoms with Crippen molar-refractivity contribution in [2.45, 2.75) is 51.8 Å². The minimum absolute atomic E-state index is 0.0931. The van der Waals surface area contributed by atoms with Crippen molar-refractivity contribution in [2.24, 2.45) is 5.92 Å². The zero-order valence-corrected chi connectivity index (χ0v) is 18.4. The Balaban J connectivity index is 1.56. The topological polar surface area (TPSA) is 47.4 Å². The molecule has 2 fully saturated rings. The standard InChI is InChI=1S/C22H27N3O2S2/c1-15-6-8-24(9-7-15)13-19-23-21-20(17(14-29-21)18-5-3-11-28-18)22(26)25(19)12-16-4-2-10-27-16/h3,5,11,14-16H,2,4,6-10,12-13H2,1H3/t16-/m1/s1. The van der Waals surface area contributed by atoms with E-state index in [1.54, 1.807) is 22.7 Å². The van der Waals surface area contributed by atoms with Crippen molar-refractivity contribution >= 4 is 32.9 Å². The van der Waals surface area contributed by atoms with Gasteiger partial charge in [-0.1, -0.05) is 13.0 Å². The van der Waals surface area contributed by atoms with E-state index in [1.165, 1.54) is 12.8 Å². The molecule has 2 aliphatic rings. The Labute approximate surface area is 179 Å². The summed E-state index contributed by atoms with van der Waals surface area (Å²) in [5, 5.41) is 4.92. The second-order valence-corrected chi connectivity index (χ2v) is 10.2. The average Bonchev–Trinajstić information content (AvgIpc) is 3.47. The zero-order chi connectivity index (χ0) is 19.8. The van der Waals surface area contributed by atoms with Crippen molar-refractivity contribution in [2.75, 3.05) is 19.7 Å². The van der Waals surface area contributed by atoms with Gasteiger partial charge in [0.15, 0.2) is 0 Å². The fraction of sp³-hybridized carbons (Fsp3) is 0.545. The summed E-state index contributed by atoms with van der Waals surface area (Å²) >= 11 is 3.26. The molecule has 1 atom stereocenters. The van der Waals surface area contributed by atoms with Crippen molar-refractivity contribution in [1.82, 2.24) is 14.5 Å². The van der Waals surface area contributed by atoms with Gasteiger partial charge < -0.3 is 4.74 Å². The van der Waals surface area contributed by atoms with Gasteiger partial charge in [-0.05, 0) is 56.1 Å². The average molecular weight is 430 g/mol. The van der Waals surface area contributed by atoms with Crippen molar-refractivity contribution in [3.8, 4) is 10.4 Å². The van der Waals surface area contributed by atoms with Crippen LogP contribution < -0.4 is 5.56 Å². The van der Waals surface area contributed by atoms with Crippen LogP contribution in [0.4, 0.5) is 0 Å². The largest absolute Gasteiger partial charge is 0.376 e. The molecule has 0 saturated carbocycles. The lowest BCUT2D eigenvalue weighted by Crippen LogP contribution is -2.37. The van der Waals surface area contributed by atoms with E-state index in [0.717, 1.165) is 71.5 Å². The summed E-state index contributed by atoms with van der Waals surface area (Å²) in [6.45, 7) is 6.65. The summed E-state index contributed by atoms with van der Waals surface area (Å²) in [4.78, 5) is 23.1. The van der Waals surface area contributed by atoms with E-state index in [1.807, 2.05) is 10.6 Å². The third-order valence-electron chi connectivity index (χ3n) is 6.21. The number of hydrogen-bond donors (Lipinski definition) is 0. The second-order valence-electron chi connectivity index (χ2n) is 8.34. The van der Waals surface area contributed by atoms with E-state index in [2.05, 4.69) is 28.7 Å². The molecule has 2 aliphatic heterocycles. The summed E-state index contributed by atoms with van der Waals surface area (Å²) in [5.41, 5.74) is 1.12. The number of likely N-dealkylation sites (tertiary alicyclic amines) is 1. The Kier molecular flexibility index (Phi) is 5.56. The molecule has 0 unspecified atom stereocenters. The van der Waals surface area contributed by atoms with Gasteiger partial charge in [0.05, 0.1) is 24.6 Å². The van der Waals surface area contributed by atoms with Crippen LogP contribution in [0.25, 0.3) is 20.7 Å². The highest BCUT2D eigenvalue weighted by atomic mass is 32.1. The minimum Gasteiger partial charge on any atom is -0.376 e. The molecule has 3 aromatic heterocycles. The van der Waals surface area contributed by atoms with Gasteiger partial charge in [0.1, 0.15) is 10.7 Å². The van der Waals surface area contributed by atoms with E-state index in [-0.39, 0.29) is 11.7 Å². The molecule has 29 heavy (non-hydrogen) atoms. The van der Waals surface area contributed by atoms with Crippen LogP contribution in [0, 0.1) is 5.92 Å². The van der Waals surface area contributed by atoms with Crippen LogP contribution >= 0.6 is 22.7 Å². The zero-order valence-electron chi connectivity index (χ0n) is 16.8. The first-order valence-corrected chi connectivity index (χ1v) is 12.3. The Morgan fingerprint density at radius 3 is 2.83 bits per heavy atom. The van der Waals surface area contributed by atoms with E-state index in [4.69, 9.17) is 9.72 Å². The molecular formula is C22H27N3O2S2. The van der Waals surface area contributed by atoms with Gasteiger partial charge in [-0.3, -0.25) is 14.3 Å². The van der Waals surface area contributed by atoms with Crippen LogP contribution in [0.1, 0.15) is 38.4 Å². The normalized spacial score (nSPS) is 21.3. The molecule has 0 spiro atoms. The first kappa shape index (κ1) is 19.4. The number of aromatic nitrogens is 2. The van der Waals surface area contributed by atoms with E-state index in [0.29, 0.717) is 6.54 Å². The van der Waals surface area contributed by atoms with Crippen molar-refractivity contribution < 1.29 is 4.74 Å². The molecule has 0 N–H and O–H groups in total. The maximum atomic E-state index is 13.7. The summed E-state index contributed by atoms with van der Waals surface area (Å²) in [6.07, 6.45) is 4.66. The first-order valence-electron chi connectivity index (χ1n) is 10.6. The van der Waals surface area contributed by atoms with Crippen LogP contribution in [-0.4, -0.2) is 40.3 Å². The number of nitrogens with zero attached hydrogens (tertiary/aromatic N) is 3. The van der Waals surface area contributed by atoms with Gasteiger partial charge in [-0.2, -0.15) is 0 Å². The minimum atomic E-state index is 0.0931. The predicted octanol–water partition coefficient (Wildman–Crippen LogP) is 4.60. The lowest BCUT2D eigenvalue weighted by Gasteiger charge is -2.30. The lowest BCUT2D eigenvalue weighted by molar-refractivity contribution is 0.0936. The fourth-order valence-corrected chi connectivity index (χ4v) is 6.17. The van der Waals surface area contributed by atoms with Crippen LogP contribution in [0.2, 0.25) is 0 Å². The smallest absolute Gasteiger partial charge is 0.263 e. The third kappa shape index (κ3) is 3.93. The summed E-state index contributed by atoms with van der Waals surface area (Å²) in [7, 11) is 0. The molecule has 5 heterocycles. The van der Waals surface area contributed by atoms with Crippen LogP contribution in [0.5, 0.6) is 0 Å². The Bertz CT molecular complexity index is 1030. The molecule has 2 saturated heterocycles. The van der Waals surface area contributed by atoms with Gasteiger partial charge in [0.2, 0.25) is 0 Å². The Hall–Kier alpha value is -1.54. The quantitative estimate of drug-likeness (QED) is 0.595. The Morgan fingerprint density at radius 1 is 1.24 bits per heavy atom. The van der Waals surface area contributed by atoms with Crippen LogP contribution in [0.3, 0.4) is 0 Å². The van der Waals surface area contributed by atoms with E-state index in [9.17, 15) is 4.79 Å². The van der Waals surface area contributed by atoms with Gasteiger partial charge in [0, 0.05) is 22.4 Å². The maximum Gasteiger partial charge on any atom is 0.263 e. The molecule has 0 aliphatic carbocycles. The molecular weight excluding hydrogens is 402 g/mol. The molecule has 7 heteroatoms. The van der Waals surface area contributed by atoms with Gasteiger partial charge >= 0.3 is 0 Å². The van der Waals surface area contributed by atoms with Crippen LogP contribution in [-0.2, 0) is 17.8 Å². The van der Waals surface area contributed by atoms with Gasteiger partial charge in [0.25, 0.3) is 5.56 Å². The molecule has 3 aromatic rings. The number of rotatable bonds is 5. The predicted molar refractivity (Wildman–Crippen MR) is 120 cm³/mol. The summed E-state index contributed by atoms with van der Waals surface area (Å²) in [6, 6.07) is 4.12.